The molecule has 17 heavy (non-hydrogen) atoms. The van der Waals surface area contributed by atoms with Crippen LogP contribution >= 0.6 is 0 Å². The third-order valence-electron chi connectivity index (χ3n) is 3.30. The Bertz CT molecular complexity index is 287. The van der Waals surface area contributed by atoms with Gasteiger partial charge in [0, 0.05) is 32.7 Å². The maximum atomic E-state index is 11.6. The number of ether oxygens (including phenoxy) is 1. The number of carbonyl (C=O) groups excluding carboxylic acids is 2. The Kier molecular flexibility index (Phi) is 4.36. The summed E-state index contributed by atoms with van der Waals surface area (Å²) in [6, 6.07) is 0. The molecule has 0 radical (unpaired) electrons. The van der Waals surface area contributed by atoms with E-state index in [0.717, 1.165) is 38.8 Å². The Balaban J connectivity index is 1.56. The average molecular weight is 240 g/mol. The van der Waals surface area contributed by atoms with Gasteiger partial charge in [-0.15, -0.1) is 0 Å². The maximum absolute atomic E-state index is 11.6. The maximum Gasteiger partial charge on any atom is 0.249 e. The topological polar surface area (TPSA) is 58.6 Å². The Labute approximate surface area is 101 Å². The highest BCUT2D eigenvalue weighted by molar-refractivity contribution is 5.81. The normalized spacial score (nSPS) is 24.4. The average Bonchev–Trinajstić information content (AvgIpc) is 2.96. The number of amides is 2. The van der Waals surface area contributed by atoms with E-state index in [4.69, 9.17) is 4.74 Å². The molecule has 2 amide bonds. The molecule has 1 N–H and O–H groups in total. The van der Waals surface area contributed by atoms with Gasteiger partial charge >= 0.3 is 0 Å². The van der Waals surface area contributed by atoms with Gasteiger partial charge in [0.25, 0.3) is 0 Å². The van der Waals surface area contributed by atoms with Crippen molar-refractivity contribution in [3.63, 3.8) is 0 Å². The van der Waals surface area contributed by atoms with Crippen LogP contribution in [-0.2, 0) is 14.3 Å². The molecule has 0 bridgehead atoms. The molecule has 0 aliphatic carbocycles. The monoisotopic (exact) mass is 240 g/mol. The predicted octanol–water partition coefficient (Wildman–Crippen LogP) is 0.294. The largest absolute Gasteiger partial charge is 0.368 e. The van der Waals surface area contributed by atoms with Crippen molar-refractivity contribution in [2.24, 2.45) is 0 Å². The quantitative estimate of drug-likeness (QED) is 0.703. The first-order valence-corrected chi connectivity index (χ1v) is 6.44. The second kappa shape index (κ2) is 6.00. The molecule has 0 unspecified atom stereocenters. The summed E-state index contributed by atoms with van der Waals surface area (Å²) in [5.41, 5.74) is 0. The minimum atomic E-state index is -0.247. The number of likely N-dealkylation sites (tertiary alicyclic amines) is 1. The van der Waals surface area contributed by atoms with E-state index in [1.165, 1.54) is 0 Å². The van der Waals surface area contributed by atoms with Crippen molar-refractivity contribution in [3.05, 3.63) is 0 Å². The molecule has 2 fully saturated rings. The van der Waals surface area contributed by atoms with Crippen LogP contribution in [0.25, 0.3) is 0 Å². The van der Waals surface area contributed by atoms with E-state index in [1.54, 1.807) is 0 Å². The smallest absolute Gasteiger partial charge is 0.249 e. The molecule has 1 atom stereocenters. The summed E-state index contributed by atoms with van der Waals surface area (Å²) < 4.78 is 5.29. The zero-order chi connectivity index (χ0) is 12.1. The lowest BCUT2D eigenvalue weighted by molar-refractivity contribution is -0.130. The summed E-state index contributed by atoms with van der Waals surface area (Å²) in [6.07, 6.45) is 4.04. The molecular formula is C12H20N2O3. The van der Waals surface area contributed by atoms with Gasteiger partial charge in [-0.25, -0.2) is 0 Å². The fourth-order valence-electron chi connectivity index (χ4n) is 2.32. The Morgan fingerprint density at radius 1 is 1.47 bits per heavy atom. The molecule has 96 valence electrons. The highest BCUT2D eigenvalue weighted by atomic mass is 16.5. The standard InChI is InChI=1S/C12H20N2O3/c15-11-5-1-7-14(11)8-3-6-13-12(16)10-4-2-9-17-10/h10H,1-9H2,(H,13,16)/t10-/m1/s1. The van der Waals surface area contributed by atoms with E-state index in [1.807, 2.05) is 4.90 Å². The minimum Gasteiger partial charge on any atom is -0.368 e. The first-order chi connectivity index (χ1) is 8.27. The molecule has 5 heteroatoms. The van der Waals surface area contributed by atoms with E-state index in [2.05, 4.69) is 5.32 Å². The lowest BCUT2D eigenvalue weighted by Gasteiger charge is -2.16. The van der Waals surface area contributed by atoms with Crippen LogP contribution in [0.3, 0.4) is 0 Å². The van der Waals surface area contributed by atoms with Crippen LogP contribution in [0.1, 0.15) is 32.1 Å². The van der Waals surface area contributed by atoms with Crippen LogP contribution < -0.4 is 5.32 Å². The van der Waals surface area contributed by atoms with Gasteiger partial charge in [-0.1, -0.05) is 0 Å². The van der Waals surface area contributed by atoms with Gasteiger partial charge in [0.2, 0.25) is 11.8 Å². The summed E-state index contributed by atoms with van der Waals surface area (Å²) in [6.45, 7) is 2.95. The molecule has 0 saturated carbocycles. The van der Waals surface area contributed by atoms with Crippen LogP contribution in [0.2, 0.25) is 0 Å². The molecule has 5 nitrogen and oxygen atoms in total. The lowest BCUT2D eigenvalue weighted by Crippen LogP contribution is -2.36. The number of nitrogens with zero attached hydrogens (tertiary/aromatic N) is 1. The van der Waals surface area contributed by atoms with Gasteiger partial charge in [-0.3, -0.25) is 9.59 Å². The van der Waals surface area contributed by atoms with Crippen molar-refractivity contribution in [1.82, 2.24) is 10.2 Å². The highest BCUT2D eigenvalue weighted by Gasteiger charge is 2.23. The highest BCUT2D eigenvalue weighted by Crippen LogP contribution is 2.12. The molecule has 0 aromatic rings. The summed E-state index contributed by atoms with van der Waals surface area (Å²) >= 11 is 0. The fourth-order valence-corrected chi connectivity index (χ4v) is 2.32. The lowest BCUT2D eigenvalue weighted by atomic mass is 10.2. The molecule has 0 aromatic heterocycles. The first kappa shape index (κ1) is 12.4. The van der Waals surface area contributed by atoms with Crippen LogP contribution in [0.4, 0.5) is 0 Å². The van der Waals surface area contributed by atoms with E-state index in [-0.39, 0.29) is 17.9 Å². The Hall–Kier alpha value is -1.10. The van der Waals surface area contributed by atoms with Crippen LogP contribution in [0.5, 0.6) is 0 Å². The van der Waals surface area contributed by atoms with E-state index in [9.17, 15) is 9.59 Å². The van der Waals surface area contributed by atoms with E-state index in [0.29, 0.717) is 19.6 Å². The Morgan fingerprint density at radius 3 is 3.00 bits per heavy atom. The molecule has 0 aromatic carbocycles. The molecule has 2 aliphatic heterocycles. The summed E-state index contributed by atoms with van der Waals surface area (Å²) in [7, 11) is 0. The third kappa shape index (κ3) is 3.43. The van der Waals surface area contributed by atoms with Crippen LogP contribution in [0, 0.1) is 0 Å². The van der Waals surface area contributed by atoms with Crippen molar-refractivity contribution in [2.45, 2.75) is 38.2 Å². The number of hydrogen-bond donors (Lipinski definition) is 1. The predicted molar refractivity (Wildman–Crippen MR) is 62.4 cm³/mol. The second-order valence-corrected chi connectivity index (χ2v) is 4.63. The van der Waals surface area contributed by atoms with Crippen molar-refractivity contribution in [3.8, 4) is 0 Å². The third-order valence-corrected chi connectivity index (χ3v) is 3.30. The number of hydrogen-bond acceptors (Lipinski definition) is 3. The number of rotatable bonds is 5. The number of carbonyl (C=O) groups is 2. The van der Waals surface area contributed by atoms with Crippen LogP contribution in [0.15, 0.2) is 0 Å². The molecule has 2 aliphatic rings. The fraction of sp³-hybridized carbons (Fsp3) is 0.833. The molecule has 2 rings (SSSR count). The summed E-state index contributed by atoms with van der Waals surface area (Å²) in [4.78, 5) is 24.8. The summed E-state index contributed by atoms with van der Waals surface area (Å²) in [5, 5.41) is 2.86. The minimum absolute atomic E-state index is 0.00440. The molecule has 2 saturated heterocycles. The van der Waals surface area contributed by atoms with Crippen molar-refractivity contribution in [2.75, 3.05) is 26.2 Å². The van der Waals surface area contributed by atoms with E-state index < -0.39 is 0 Å². The number of nitrogens with one attached hydrogen (secondary N) is 1. The molecule has 2 heterocycles. The van der Waals surface area contributed by atoms with Gasteiger partial charge in [0.1, 0.15) is 6.10 Å². The van der Waals surface area contributed by atoms with Crippen molar-refractivity contribution in [1.29, 1.82) is 0 Å². The Morgan fingerprint density at radius 2 is 2.35 bits per heavy atom. The molecular weight excluding hydrogens is 220 g/mol. The van der Waals surface area contributed by atoms with E-state index >= 15 is 0 Å². The van der Waals surface area contributed by atoms with Crippen molar-refractivity contribution < 1.29 is 14.3 Å². The second-order valence-electron chi connectivity index (χ2n) is 4.63. The summed E-state index contributed by atoms with van der Waals surface area (Å²) in [5.74, 6) is 0.241. The van der Waals surface area contributed by atoms with Gasteiger partial charge in [0.05, 0.1) is 0 Å². The zero-order valence-electron chi connectivity index (χ0n) is 10.1. The first-order valence-electron chi connectivity index (χ1n) is 6.44. The molecule has 0 spiro atoms. The van der Waals surface area contributed by atoms with Gasteiger partial charge in [-0.05, 0) is 25.7 Å². The van der Waals surface area contributed by atoms with Crippen LogP contribution in [-0.4, -0.2) is 49.1 Å². The zero-order valence-corrected chi connectivity index (χ0v) is 10.1. The van der Waals surface area contributed by atoms with Gasteiger partial charge in [0.15, 0.2) is 0 Å². The van der Waals surface area contributed by atoms with Gasteiger partial charge in [-0.2, -0.15) is 0 Å². The SMILES string of the molecule is O=C(NCCCN1CCCC1=O)[C@H]1CCCO1. The van der Waals surface area contributed by atoms with Gasteiger partial charge < -0.3 is 15.0 Å². The van der Waals surface area contributed by atoms with Crippen molar-refractivity contribution >= 4 is 11.8 Å².